The number of rotatable bonds is 3. The molecule has 0 nitrogen and oxygen atoms in total. The minimum absolute atomic E-state index is 0.580. The molecule has 0 radical (unpaired) electrons. The molecule has 0 N–H and O–H groups in total. The molecular formula is C11H14Br2. The fourth-order valence-electron chi connectivity index (χ4n) is 1.15. The second-order valence-corrected chi connectivity index (χ2v) is 5.85. The molecule has 2 atom stereocenters. The molecule has 1 rings (SSSR count). The lowest BCUT2D eigenvalue weighted by atomic mass is 9.99. The van der Waals surface area contributed by atoms with Crippen molar-refractivity contribution in [3.63, 3.8) is 0 Å². The topological polar surface area (TPSA) is 0 Å². The molecule has 0 saturated carbocycles. The summed E-state index contributed by atoms with van der Waals surface area (Å²) >= 11 is 7.03. The molecule has 2 heteroatoms. The summed E-state index contributed by atoms with van der Waals surface area (Å²) in [6.45, 7) is 4.46. The van der Waals surface area contributed by atoms with E-state index in [-0.39, 0.29) is 0 Å². The molecule has 0 heterocycles. The van der Waals surface area contributed by atoms with E-state index in [1.807, 2.05) is 0 Å². The Balaban J connectivity index is 2.59. The van der Waals surface area contributed by atoms with Gasteiger partial charge in [0, 0.05) is 9.30 Å². The van der Waals surface area contributed by atoms with Crippen molar-refractivity contribution in [2.45, 2.75) is 25.1 Å². The van der Waals surface area contributed by atoms with E-state index in [2.05, 4.69) is 70.0 Å². The second kappa shape index (κ2) is 5.16. The summed E-state index contributed by atoms with van der Waals surface area (Å²) in [5, 5.41) is 0. The molecule has 0 saturated heterocycles. The van der Waals surface area contributed by atoms with Crippen LogP contribution in [-0.2, 0) is 6.42 Å². The first-order valence-electron chi connectivity index (χ1n) is 4.48. The molecule has 1 aromatic carbocycles. The van der Waals surface area contributed by atoms with E-state index < -0.39 is 0 Å². The molecule has 0 spiro atoms. The zero-order valence-electron chi connectivity index (χ0n) is 7.93. The molecule has 2 unspecified atom stereocenters. The van der Waals surface area contributed by atoms with Gasteiger partial charge < -0.3 is 0 Å². The first-order valence-corrected chi connectivity index (χ1v) is 6.19. The smallest absolute Gasteiger partial charge is 0.0175 e. The molecule has 72 valence electrons. The van der Waals surface area contributed by atoms with Gasteiger partial charge in [-0.15, -0.1) is 0 Å². The SMILES string of the molecule is CC(Br)C(C)Cc1ccc(Br)cc1. The lowest BCUT2D eigenvalue weighted by molar-refractivity contribution is 0.581. The van der Waals surface area contributed by atoms with Gasteiger partial charge >= 0.3 is 0 Å². The lowest BCUT2D eigenvalue weighted by Crippen LogP contribution is -2.09. The van der Waals surface area contributed by atoms with Gasteiger partial charge in [-0.2, -0.15) is 0 Å². The maximum absolute atomic E-state index is 3.60. The van der Waals surface area contributed by atoms with E-state index in [1.165, 1.54) is 5.56 Å². The van der Waals surface area contributed by atoms with E-state index in [4.69, 9.17) is 0 Å². The Morgan fingerprint density at radius 1 is 1.15 bits per heavy atom. The first-order chi connectivity index (χ1) is 6.09. The van der Waals surface area contributed by atoms with Gasteiger partial charge in [0.05, 0.1) is 0 Å². The van der Waals surface area contributed by atoms with Crippen molar-refractivity contribution in [2.75, 3.05) is 0 Å². The van der Waals surface area contributed by atoms with Crippen LogP contribution in [-0.4, -0.2) is 4.83 Å². The Hall–Kier alpha value is 0.180. The molecule has 1 aromatic rings. The lowest BCUT2D eigenvalue weighted by Gasteiger charge is -2.13. The van der Waals surface area contributed by atoms with Gasteiger partial charge in [-0.3, -0.25) is 0 Å². The summed E-state index contributed by atoms with van der Waals surface area (Å²) in [6, 6.07) is 8.55. The zero-order valence-corrected chi connectivity index (χ0v) is 11.1. The average molecular weight is 306 g/mol. The quantitative estimate of drug-likeness (QED) is 0.726. The molecular weight excluding hydrogens is 292 g/mol. The highest BCUT2D eigenvalue weighted by molar-refractivity contribution is 9.10. The van der Waals surface area contributed by atoms with Gasteiger partial charge in [0.2, 0.25) is 0 Å². The van der Waals surface area contributed by atoms with Gasteiger partial charge in [0.25, 0.3) is 0 Å². The Bertz CT molecular complexity index is 251. The standard InChI is InChI=1S/C11H14Br2/c1-8(9(2)12)7-10-3-5-11(13)6-4-10/h3-6,8-9H,7H2,1-2H3. The van der Waals surface area contributed by atoms with Crippen LogP contribution in [0.1, 0.15) is 19.4 Å². The van der Waals surface area contributed by atoms with Crippen molar-refractivity contribution in [2.24, 2.45) is 5.92 Å². The fourth-order valence-corrected chi connectivity index (χ4v) is 1.61. The Morgan fingerprint density at radius 3 is 2.15 bits per heavy atom. The van der Waals surface area contributed by atoms with Gasteiger partial charge in [0.15, 0.2) is 0 Å². The molecule has 0 fully saturated rings. The predicted molar refractivity (Wildman–Crippen MR) is 65.4 cm³/mol. The normalized spacial score (nSPS) is 15.4. The summed E-state index contributed by atoms with van der Waals surface area (Å²) in [5.74, 6) is 0.682. The molecule has 0 amide bonds. The van der Waals surface area contributed by atoms with E-state index in [9.17, 15) is 0 Å². The highest BCUT2D eigenvalue weighted by Gasteiger charge is 2.08. The Kier molecular flexibility index (Phi) is 4.47. The van der Waals surface area contributed by atoms with Crippen LogP contribution < -0.4 is 0 Å². The fraction of sp³-hybridized carbons (Fsp3) is 0.455. The van der Waals surface area contributed by atoms with E-state index in [0.717, 1.165) is 10.9 Å². The molecule has 0 aliphatic rings. The maximum atomic E-state index is 3.60. The molecule has 13 heavy (non-hydrogen) atoms. The third kappa shape index (κ3) is 3.82. The monoisotopic (exact) mass is 304 g/mol. The third-order valence-electron chi connectivity index (χ3n) is 2.26. The summed E-state index contributed by atoms with van der Waals surface area (Å²) < 4.78 is 1.15. The number of halogens is 2. The number of hydrogen-bond donors (Lipinski definition) is 0. The van der Waals surface area contributed by atoms with Crippen LogP contribution in [0.3, 0.4) is 0 Å². The summed E-state index contributed by atoms with van der Waals surface area (Å²) in [6.07, 6.45) is 1.14. The molecule has 0 aromatic heterocycles. The average Bonchev–Trinajstić information content (AvgIpc) is 2.08. The van der Waals surface area contributed by atoms with Crippen LogP contribution in [0, 0.1) is 5.92 Å². The third-order valence-corrected chi connectivity index (χ3v) is 3.69. The van der Waals surface area contributed by atoms with Crippen molar-refractivity contribution in [3.8, 4) is 0 Å². The van der Waals surface area contributed by atoms with Crippen LogP contribution in [0.2, 0.25) is 0 Å². The van der Waals surface area contributed by atoms with Gasteiger partial charge in [-0.05, 0) is 30.0 Å². The summed E-state index contributed by atoms with van der Waals surface area (Å²) in [5.41, 5.74) is 1.40. The van der Waals surface area contributed by atoms with Gasteiger partial charge in [-0.25, -0.2) is 0 Å². The minimum Gasteiger partial charge on any atom is -0.0891 e. The molecule has 0 aliphatic heterocycles. The van der Waals surface area contributed by atoms with Crippen molar-refractivity contribution < 1.29 is 0 Å². The first kappa shape index (κ1) is 11.3. The number of hydrogen-bond acceptors (Lipinski definition) is 0. The highest BCUT2D eigenvalue weighted by Crippen LogP contribution is 2.18. The maximum Gasteiger partial charge on any atom is 0.0175 e. The van der Waals surface area contributed by atoms with Crippen LogP contribution in [0.5, 0.6) is 0 Å². The highest BCUT2D eigenvalue weighted by atomic mass is 79.9. The molecule has 0 bridgehead atoms. The van der Waals surface area contributed by atoms with Crippen molar-refractivity contribution in [3.05, 3.63) is 34.3 Å². The van der Waals surface area contributed by atoms with Crippen molar-refractivity contribution >= 4 is 31.9 Å². The van der Waals surface area contributed by atoms with E-state index in [1.54, 1.807) is 0 Å². The van der Waals surface area contributed by atoms with Crippen LogP contribution in [0.25, 0.3) is 0 Å². The zero-order chi connectivity index (χ0) is 9.84. The molecule has 0 aliphatic carbocycles. The summed E-state index contributed by atoms with van der Waals surface area (Å²) in [7, 11) is 0. The Morgan fingerprint density at radius 2 is 1.69 bits per heavy atom. The summed E-state index contributed by atoms with van der Waals surface area (Å²) in [4.78, 5) is 0.580. The van der Waals surface area contributed by atoms with E-state index >= 15 is 0 Å². The van der Waals surface area contributed by atoms with Crippen LogP contribution >= 0.6 is 31.9 Å². The second-order valence-electron chi connectivity index (χ2n) is 3.49. The van der Waals surface area contributed by atoms with Gasteiger partial charge in [0.1, 0.15) is 0 Å². The minimum atomic E-state index is 0.580. The predicted octanol–water partition coefficient (Wildman–Crippen LogP) is 4.41. The number of benzene rings is 1. The van der Waals surface area contributed by atoms with Crippen LogP contribution in [0.4, 0.5) is 0 Å². The van der Waals surface area contributed by atoms with Crippen molar-refractivity contribution in [1.29, 1.82) is 0 Å². The largest absolute Gasteiger partial charge is 0.0891 e. The van der Waals surface area contributed by atoms with Gasteiger partial charge in [-0.1, -0.05) is 57.8 Å². The number of alkyl halides is 1. The Labute approximate surface area is 97.0 Å². The van der Waals surface area contributed by atoms with E-state index in [0.29, 0.717) is 10.7 Å². The van der Waals surface area contributed by atoms with Crippen molar-refractivity contribution in [1.82, 2.24) is 0 Å². The van der Waals surface area contributed by atoms with Crippen LogP contribution in [0.15, 0.2) is 28.7 Å².